The zero-order valence-electron chi connectivity index (χ0n) is 33.5. The third kappa shape index (κ3) is 9.06. The van der Waals surface area contributed by atoms with Gasteiger partial charge in [0.25, 0.3) is 0 Å². The summed E-state index contributed by atoms with van der Waals surface area (Å²) in [6.45, 7) is 13.0. The van der Waals surface area contributed by atoms with Crippen LogP contribution in [0.3, 0.4) is 0 Å². The fourth-order valence-corrected chi connectivity index (χ4v) is 8.38. The van der Waals surface area contributed by atoms with Gasteiger partial charge >= 0.3 is 5.51 Å². The first-order chi connectivity index (χ1) is 27.6. The smallest absolute Gasteiger partial charge is 0.309 e. The number of rotatable bonds is 9. The van der Waals surface area contributed by atoms with Gasteiger partial charge in [-0.25, -0.2) is 0 Å². The highest BCUT2D eigenvalue weighted by Crippen LogP contribution is 2.53. The van der Waals surface area contributed by atoms with Crippen LogP contribution in [-0.2, 0) is 10.8 Å². The highest BCUT2D eigenvalue weighted by molar-refractivity contribution is 9.10. The van der Waals surface area contributed by atoms with Crippen molar-refractivity contribution in [2.45, 2.75) is 62.8 Å². The first-order valence-electron chi connectivity index (χ1n) is 19.3. The average molecular weight is 856 g/mol. The highest BCUT2D eigenvalue weighted by atomic mass is 79.9. The molecule has 2 nitrogen and oxygen atoms in total. The second kappa shape index (κ2) is 16.6. The number of para-hydroxylation sites is 2. The van der Waals surface area contributed by atoms with E-state index in [4.69, 9.17) is 0 Å². The molecule has 0 radical (unpaired) electrons. The van der Waals surface area contributed by atoms with Crippen LogP contribution in [0.15, 0.2) is 179 Å². The quantitative estimate of drug-likeness (QED) is 0.134. The summed E-state index contributed by atoms with van der Waals surface area (Å²) in [5.41, 5.74) is 5.80. The van der Waals surface area contributed by atoms with Crippen LogP contribution in [0.1, 0.15) is 52.7 Å². The van der Waals surface area contributed by atoms with Crippen LogP contribution in [-0.4, -0.2) is 5.51 Å². The van der Waals surface area contributed by atoms with Crippen LogP contribution in [0.5, 0.6) is 0 Å². The van der Waals surface area contributed by atoms with Gasteiger partial charge in [0, 0.05) is 27.4 Å². The summed E-state index contributed by atoms with van der Waals surface area (Å²) in [6, 6.07) is 56.2. The van der Waals surface area contributed by atoms with E-state index in [1.807, 2.05) is 72.8 Å². The number of halogens is 4. The molecule has 7 heteroatoms. The Bertz CT molecular complexity index is 2320. The topological polar surface area (TPSA) is 6.48 Å². The van der Waals surface area contributed by atoms with Crippen molar-refractivity contribution < 1.29 is 13.2 Å². The summed E-state index contributed by atoms with van der Waals surface area (Å²) < 4.78 is 44.4. The van der Waals surface area contributed by atoms with Crippen LogP contribution in [0.25, 0.3) is 22.3 Å². The van der Waals surface area contributed by atoms with Crippen molar-refractivity contribution in [3.05, 3.63) is 185 Å². The first-order valence-corrected chi connectivity index (χ1v) is 20.9. The van der Waals surface area contributed by atoms with Crippen molar-refractivity contribution in [2.24, 2.45) is 0 Å². The molecule has 0 fully saturated rings. The zero-order valence-corrected chi connectivity index (χ0v) is 35.9. The molecule has 0 spiro atoms. The molecular weight excluding hydrogens is 810 g/mol. The summed E-state index contributed by atoms with van der Waals surface area (Å²) in [7, 11) is 0. The number of hydrogen-bond acceptors (Lipinski definition) is 3. The Labute approximate surface area is 353 Å². The molecule has 0 aliphatic heterocycles. The number of nitrogens with zero attached hydrogens (tertiary/aromatic N) is 2. The maximum Gasteiger partial charge on any atom is 0.446 e. The highest BCUT2D eigenvalue weighted by Gasteiger charge is 2.33. The fourth-order valence-electron chi connectivity index (χ4n) is 7.18. The Hall–Kier alpha value is -5.24. The molecule has 58 heavy (non-hydrogen) atoms. The van der Waals surface area contributed by atoms with Crippen LogP contribution < -0.4 is 9.80 Å². The van der Waals surface area contributed by atoms with Gasteiger partial charge in [0.05, 0.1) is 27.2 Å². The molecular formula is C51H46BrF3N2S. The lowest BCUT2D eigenvalue weighted by atomic mass is 9.87. The molecule has 0 atom stereocenters. The minimum absolute atomic E-state index is 0.0581. The maximum absolute atomic E-state index is 14.6. The summed E-state index contributed by atoms with van der Waals surface area (Å²) >= 11 is 3.96. The van der Waals surface area contributed by atoms with E-state index in [0.29, 0.717) is 15.8 Å². The van der Waals surface area contributed by atoms with Crippen molar-refractivity contribution in [3.63, 3.8) is 0 Å². The lowest BCUT2D eigenvalue weighted by molar-refractivity contribution is -0.0328. The third-order valence-corrected chi connectivity index (χ3v) is 11.7. The lowest BCUT2D eigenvalue weighted by Crippen LogP contribution is -2.17. The molecule has 0 bridgehead atoms. The van der Waals surface area contributed by atoms with Gasteiger partial charge < -0.3 is 9.80 Å². The third-order valence-electron chi connectivity index (χ3n) is 10.2. The van der Waals surface area contributed by atoms with E-state index >= 15 is 0 Å². The van der Waals surface area contributed by atoms with Crippen LogP contribution in [0, 0.1) is 0 Å². The van der Waals surface area contributed by atoms with E-state index in [2.05, 4.69) is 152 Å². The Morgan fingerprint density at radius 1 is 0.431 bits per heavy atom. The molecule has 7 aromatic rings. The monoisotopic (exact) mass is 854 g/mol. The molecule has 7 rings (SSSR count). The van der Waals surface area contributed by atoms with Crippen molar-refractivity contribution in [1.29, 1.82) is 0 Å². The van der Waals surface area contributed by atoms with Gasteiger partial charge in [0.2, 0.25) is 0 Å². The largest absolute Gasteiger partial charge is 0.446 e. The van der Waals surface area contributed by atoms with Gasteiger partial charge in [0.1, 0.15) is 0 Å². The Kier molecular flexibility index (Phi) is 11.7. The summed E-state index contributed by atoms with van der Waals surface area (Å²) in [5, 5.41) is 0. The van der Waals surface area contributed by atoms with Crippen molar-refractivity contribution >= 4 is 61.8 Å². The second-order valence-electron chi connectivity index (χ2n) is 16.4. The van der Waals surface area contributed by atoms with E-state index in [0.717, 1.165) is 56.1 Å². The van der Waals surface area contributed by atoms with Gasteiger partial charge in [-0.05, 0) is 109 Å². The van der Waals surface area contributed by atoms with Crippen LogP contribution in [0.2, 0.25) is 0 Å². The summed E-state index contributed by atoms with van der Waals surface area (Å²) in [6.07, 6.45) is 0. The fraction of sp³-hybridized carbons (Fsp3) is 0.176. The number of hydrogen-bond donors (Lipinski definition) is 0. The Morgan fingerprint density at radius 3 is 1.12 bits per heavy atom. The van der Waals surface area contributed by atoms with Gasteiger partial charge in [-0.1, -0.05) is 163 Å². The van der Waals surface area contributed by atoms with Crippen LogP contribution >= 0.6 is 27.7 Å². The number of benzene rings is 7. The zero-order chi connectivity index (χ0) is 41.2. The van der Waals surface area contributed by atoms with Crippen molar-refractivity contribution in [2.75, 3.05) is 9.80 Å². The molecule has 0 aliphatic rings. The number of anilines is 6. The molecule has 0 N–H and O–H groups in total. The lowest BCUT2D eigenvalue weighted by Gasteiger charge is -2.34. The minimum Gasteiger partial charge on any atom is -0.309 e. The van der Waals surface area contributed by atoms with Gasteiger partial charge in [0.15, 0.2) is 0 Å². The molecule has 7 aromatic carbocycles. The SMILES string of the molecule is CC(C)(C)c1ccc(N(c2ccccc2-c2ccccc2)c2cc(SC(F)(F)F)cc(N(c3ccc(C(C)(C)C)cc3)c3ccccc3-c3ccccc3)c2Br)cc1. The molecule has 0 saturated heterocycles. The summed E-state index contributed by atoms with van der Waals surface area (Å²) in [4.78, 5) is 4.21. The van der Waals surface area contributed by atoms with Gasteiger partial charge in [-0.15, -0.1) is 0 Å². The van der Waals surface area contributed by atoms with E-state index in [9.17, 15) is 13.2 Å². The van der Waals surface area contributed by atoms with Crippen LogP contribution in [0.4, 0.5) is 47.3 Å². The van der Waals surface area contributed by atoms with Gasteiger partial charge in [-0.3, -0.25) is 0 Å². The molecule has 294 valence electrons. The summed E-state index contributed by atoms with van der Waals surface area (Å²) in [5.74, 6) is 0. The standard InChI is InChI=1S/C51H46BrF3N2S/c1-49(2,3)37-25-29-39(30-26-37)56(44-23-15-13-21-42(44)35-17-9-7-10-18-35)46-33-41(58-51(53,54)55)34-47(48(46)52)57(40-31-27-38(28-32-40)50(4,5)6)45-24-16-14-22-43(45)36-19-11-8-12-20-36/h7-34H,1-6H3. The van der Waals surface area contributed by atoms with E-state index in [1.165, 1.54) is 0 Å². The number of thioether (sulfide) groups is 1. The van der Waals surface area contributed by atoms with E-state index < -0.39 is 5.51 Å². The second-order valence-corrected chi connectivity index (χ2v) is 18.3. The molecule has 0 amide bonds. The minimum atomic E-state index is -4.54. The predicted molar refractivity (Wildman–Crippen MR) is 244 cm³/mol. The van der Waals surface area contributed by atoms with E-state index in [-0.39, 0.29) is 27.5 Å². The molecule has 0 aromatic heterocycles. The van der Waals surface area contributed by atoms with Gasteiger partial charge in [-0.2, -0.15) is 13.2 Å². The molecule has 0 heterocycles. The Balaban J connectivity index is 1.56. The normalized spacial score (nSPS) is 12.0. The molecule has 0 aliphatic carbocycles. The maximum atomic E-state index is 14.6. The Morgan fingerprint density at radius 2 is 0.776 bits per heavy atom. The molecule has 0 saturated carbocycles. The van der Waals surface area contributed by atoms with Crippen molar-refractivity contribution in [1.82, 2.24) is 0 Å². The van der Waals surface area contributed by atoms with Crippen molar-refractivity contribution in [3.8, 4) is 22.3 Å². The van der Waals surface area contributed by atoms with E-state index in [1.54, 1.807) is 12.1 Å². The number of alkyl halides is 3. The molecule has 0 unspecified atom stereocenters. The average Bonchev–Trinajstić information content (AvgIpc) is 3.20. The predicted octanol–water partition coefficient (Wildman–Crippen LogP) is 16.9. The first kappa shape index (κ1) is 40.9.